The van der Waals surface area contributed by atoms with Crippen LogP contribution in [0.15, 0.2) is 18.2 Å². The van der Waals surface area contributed by atoms with Gasteiger partial charge in [0.05, 0.1) is 13.2 Å². The number of amides is 1. The molecular formula is C17H21NO5. The number of piperidine rings is 1. The van der Waals surface area contributed by atoms with E-state index < -0.39 is 12.0 Å². The van der Waals surface area contributed by atoms with E-state index in [9.17, 15) is 14.7 Å². The van der Waals surface area contributed by atoms with Gasteiger partial charge in [-0.15, -0.1) is 0 Å². The molecule has 0 bridgehead atoms. The van der Waals surface area contributed by atoms with Crippen LogP contribution in [0, 0.1) is 5.92 Å². The van der Waals surface area contributed by atoms with Gasteiger partial charge in [0, 0.05) is 18.5 Å². The Bertz CT molecular complexity index is 615. The minimum atomic E-state index is -0.945. The van der Waals surface area contributed by atoms with Crippen molar-refractivity contribution in [1.29, 1.82) is 0 Å². The topological polar surface area (TPSA) is 76.1 Å². The summed E-state index contributed by atoms with van der Waals surface area (Å²) in [7, 11) is 0. The van der Waals surface area contributed by atoms with Crippen molar-refractivity contribution >= 4 is 11.9 Å². The van der Waals surface area contributed by atoms with Gasteiger partial charge in [0.1, 0.15) is 6.04 Å². The minimum Gasteiger partial charge on any atom is -0.490 e. The second-order valence-electron chi connectivity index (χ2n) is 6.19. The van der Waals surface area contributed by atoms with Gasteiger partial charge in [-0.05, 0) is 37.0 Å². The fourth-order valence-corrected chi connectivity index (χ4v) is 3.08. The zero-order valence-electron chi connectivity index (χ0n) is 13.2. The third-order valence-electron chi connectivity index (χ3n) is 4.41. The number of ether oxygens (including phenoxy) is 2. The fraction of sp³-hybridized carbons (Fsp3) is 0.529. The molecule has 6 nitrogen and oxygen atoms in total. The van der Waals surface area contributed by atoms with Gasteiger partial charge in [-0.25, -0.2) is 4.79 Å². The van der Waals surface area contributed by atoms with E-state index in [1.54, 1.807) is 18.2 Å². The normalized spacial score (nSPS) is 24.0. The third kappa shape index (κ3) is 3.25. The van der Waals surface area contributed by atoms with Gasteiger partial charge in [0.15, 0.2) is 11.5 Å². The van der Waals surface area contributed by atoms with Crippen LogP contribution in [0.25, 0.3) is 0 Å². The lowest BCUT2D eigenvalue weighted by atomic mass is 9.92. The lowest BCUT2D eigenvalue weighted by Gasteiger charge is -2.36. The maximum atomic E-state index is 12.8. The average Bonchev–Trinajstić information content (AvgIpc) is 2.78. The number of carbonyl (C=O) groups is 2. The van der Waals surface area contributed by atoms with Crippen LogP contribution in [0.3, 0.4) is 0 Å². The number of carbonyl (C=O) groups excluding carboxylic acids is 1. The molecule has 2 aliphatic rings. The Labute approximate surface area is 135 Å². The third-order valence-corrected chi connectivity index (χ3v) is 4.41. The lowest BCUT2D eigenvalue weighted by molar-refractivity contribution is -0.144. The summed E-state index contributed by atoms with van der Waals surface area (Å²) in [6.07, 6.45) is 2.11. The molecule has 2 aliphatic heterocycles. The number of benzene rings is 1. The van der Waals surface area contributed by atoms with Crippen molar-refractivity contribution in [3.8, 4) is 11.5 Å². The summed E-state index contributed by atoms with van der Waals surface area (Å²) in [5.74, 6) is 0.273. The van der Waals surface area contributed by atoms with Crippen LogP contribution in [-0.2, 0) is 4.79 Å². The molecule has 1 aromatic rings. The Morgan fingerprint density at radius 1 is 1.22 bits per heavy atom. The van der Waals surface area contributed by atoms with Crippen molar-refractivity contribution in [2.45, 2.75) is 32.2 Å². The van der Waals surface area contributed by atoms with Gasteiger partial charge >= 0.3 is 5.97 Å². The van der Waals surface area contributed by atoms with Gasteiger partial charge in [-0.3, -0.25) is 4.79 Å². The van der Waals surface area contributed by atoms with E-state index in [0.717, 1.165) is 12.8 Å². The van der Waals surface area contributed by atoms with Crippen molar-refractivity contribution < 1.29 is 24.2 Å². The van der Waals surface area contributed by atoms with E-state index in [1.807, 2.05) is 6.92 Å². The van der Waals surface area contributed by atoms with Crippen molar-refractivity contribution in [3.63, 3.8) is 0 Å². The van der Waals surface area contributed by atoms with Crippen LogP contribution >= 0.6 is 0 Å². The molecule has 2 heterocycles. The molecule has 0 saturated carbocycles. The summed E-state index contributed by atoms with van der Waals surface area (Å²) >= 11 is 0. The molecule has 0 aromatic heterocycles. The van der Waals surface area contributed by atoms with E-state index in [1.165, 1.54) is 4.90 Å². The molecule has 2 atom stereocenters. The number of aliphatic carboxylic acids is 1. The maximum absolute atomic E-state index is 12.8. The smallest absolute Gasteiger partial charge is 0.326 e. The van der Waals surface area contributed by atoms with Gasteiger partial charge in [-0.1, -0.05) is 6.92 Å². The first-order chi connectivity index (χ1) is 11.1. The molecule has 23 heavy (non-hydrogen) atoms. The van der Waals surface area contributed by atoms with E-state index >= 15 is 0 Å². The zero-order valence-corrected chi connectivity index (χ0v) is 13.2. The largest absolute Gasteiger partial charge is 0.490 e. The van der Waals surface area contributed by atoms with Gasteiger partial charge in [0.2, 0.25) is 0 Å². The summed E-state index contributed by atoms with van der Waals surface area (Å²) in [6, 6.07) is 4.28. The number of rotatable bonds is 2. The molecule has 3 rings (SSSR count). The van der Waals surface area contributed by atoms with Crippen LogP contribution in [0.1, 0.15) is 36.5 Å². The summed E-state index contributed by atoms with van der Waals surface area (Å²) in [5, 5.41) is 9.41. The maximum Gasteiger partial charge on any atom is 0.326 e. The average molecular weight is 319 g/mol. The Kier molecular flexibility index (Phi) is 4.41. The highest BCUT2D eigenvalue weighted by Gasteiger charge is 2.35. The van der Waals surface area contributed by atoms with E-state index in [4.69, 9.17) is 9.47 Å². The van der Waals surface area contributed by atoms with Crippen LogP contribution in [-0.4, -0.2) is 47.7 Å². The van der Waals surface area contributed by atoms with Gasteiger partial charge in [-0.2, -0.15) is 0 Å². The monoisotopic (exact) mass is 319 g/mol. The SMILES string of the molecule is CC1CCN(C(=O)c2ccc3c(c2)OCCCO3)C(C(=O)O)C1. The first kappa shape index (κ1) is 15.6. The standard InChI is InChI=1S/C17H21NO5/c1-11-5-6-18(13(9-11)17(20)21)16(19)12-3-4-14-15(10-12)23-8-2-7-22-14/h3-4,10-11,13H,2,5-9H2,1H3,(H,20,21). The highest BCUT2D eigenvalue weighted by Crippen LogP contribution is 2.32. The highest BCUT2D eigenvalue weighted by molar-refractivity contribution is 5.97. The lowest BCUT2D eigenvalue weighted by Crippen LogP contribution is -2.49. The number of hydrogen-bond donors (Lipinski definition) is 1. The van der Waals surface area contributed by atoms with Crippen molar-refractivity contribution in [3.05, 3.63) is 23.8 Å². The molecule has 0 radical (unpaired) electrons. The molecule has 2 unspecified atom stereocenters. The molecule has 1 aromatic carbocycles. The second-order valence-corrected chi connectivity index (χ2v) is 6.19. The molecule has 1 saturated heterocycles. The van der Waals surface area contributed by atoms with Crippen molar-refractivity contribution in [2.24, 2.45) is 5.92 Å². The predicted octanol–water partition coefficient (Wildman–Crippen LogP) is 2.17. The molecular weight excluding hydrogens is 298 g/mol. The molecule has 1 N–H and O–H groups in total. The number of likely N-dealkylation sites (tertiary alicyclic amines) is 1. The van der Waals surface area contributed by atoms with Crippen molar-refractivity contribution in [2.75, 3.05) is 19.8 Å². The predicted molar refractivity (Wildman–Crippen MR) is 82.9 cm³/mol. The number of hydrogen-bond acceptors (Lipinski definition) is 4. The summed E-state index contributed by atoms with van der Waals surface area (Å²) < 4.78 is 11.2. The van der Waals surface area contributed by atoms with Gasteiger partial charge < -0.3 is 19.5 Å². The van der Waals surface area contributed by atoms with Gasteiger partial charge in [0.25, 0.3) is 5.91 Å². The summed E-state index contributed by atoms with van der Waals surface area (Å²) in [4.78, 5) is 25.7. The van der Waals surface area contributed by atoms with Crippen LogP contribution in [0.5, 0.6) is 11.5 Å². The van der Waals surface area contributed by atoms with Crippen molar-refractivity contribution in [1.82, 2.24) is 4.90 Å². The van der Waals surface area contributed by atoms with E-state index in [2.05, 4.69) is 0 Å². The fourth-order valence-electron chi connectivity index (χ4n) is 3.08. The van der Waals surface area contributed by atoms with Crippen LogP contribution < -0.4 is 9.47 Å². The Balaban J connectivity index is 1.84. The second kappa shape index (κ2) is 6.48. The molecule has 1 amide bonds. The number of fused-ring (bicyclic) bond motifs is 1. The Morgan fingerprint density at radius 2 is 1.96 bits per heavy atom. The Hall–Kier alpha value is -2.24. The quantitative estimate of drug-likeness (QED) is 0.904. The highest BCUT2D eigenvalue weighted by atomic mass is 16.5. The first-order valence-electron chi connectivity index (χ1n) is 7.99. The zero-order chi connectivity index (χ0) is 16.4. The van der Waals surface area contributed by atoms with E-state index in [0.29, 0.717) is 49.2 Å². The minimum absolute atomic E-state index is 0.264. The summed E-state index contributed by atoms with van der Waals surface area (Å²) in [5.41, 5.74) is 0.440. The molecule has 0 aliphatic carbocycles. The molecule has 124 valence electrons. The summed E-state index contributed by atoms with van der Waals surface area (Å²) in [6.45, 7) is 3.62. The number of carboxylic acid groups (broad SMARTS) is 1. The Morgan fingerprint density at radius 3 is 2.70 bits per heavy atom. The molecule has 6 heteroatoms. The first-order valence-corrected chi connectivity index (χ1v) is 7.99. The molecule has 0 spiro atoms. The molecule has 1 fully saturated rings. The number of nitrogens with zero attached hydrogens (tertiary/aromatic N) is 1. The van der Waals surface area contributed by atoms with E-state index in [-0.39, 0.29) is 5.91 Å². The van der Waals surface area contributed by atoms with Crippen LogP contribution in [0.4, 0.5) is 0 Å². The number of carboxylic acids is 1. The van der Waals surface area contributed by atoms with Crippen LogP contribution in [0.2, 0.25) is 0 Å².